The highest BCUT2D eigenvalue weighted by Crippen LogP contribution is 2.32. The van der Waals surface area contributed by atoms with Gasteiger partial charge < -0.3 is 20.1 Å². The second-order valence-corrected chi connectivity index (χ2v) is 8.77. The number of rotatable bonds is 8. The summed E-state index contributed by atoms with van der Waals surface area (Å²) in [7, 11) is 3.48. The fourth-order valence-electron chi connectivity index (χ4n) is 2.88. The average Bonchev–Trinajstić information content (AvgIpc) is 3.15. The molecule has 5 nitrogen and oxygen atoms in total. The molecule has 0 heterocycles. The van der Waals surface area contributed by atoms with E-state index < -0.39 is 0 Å². The average molecular weight is 507 g/mol. The molecule has 1 aliphatic carbocycles. The molecular formula is C20H34IN3O2S. The Morgan fingerprint density at radius 1 is 1.22 bits per heavy atom. The van der Waals surface area contributed by atoms with E-state index in [0.717, 1.165) is 42.4 Å². The van der Waals surface area contributed by atoms with E-state index in [9.17, 15) is 0 Å². The molecule has 0 aliphatic heterocycles. The number of nitrogens with one attached hydrogen (secondary N) is 2. The first kappa shape index (κ1) is 24.2. The molecule has 2 rings (SSSR count). The number of thioether (sulfide) groups is 1. The Morgan fingerprint density at radius 2 is 1.93 bits per heavy atom. The number of guanidine groups is 1. The quantitative estimate of drug-likeness (QED) is 0.310. The predicted molar refractivity (Wildman–Crippen MR) is 127 cm³/mol. The van der Waals surface area contributed by atoms with Gasteiger partial charge >= 0.3 is 0 Å². The summed E-state index contributed by atoms with van der Waals surface area (Å²) in [6.07, 6.45) is 7.21. The van der Waals surface area contributed by atoms with Crippen LogP contribution in [0.2, 0.25) is 0 Å². The van der Waals surface area contributed by atoms with Crippen molar-refractivity contribution >= 4 is 41.7 Å². The maximum absolute atomic E-state index is 6.18. The molecule has 1 saturated carbocycles. The third kappa shape index (κ3) is 7.97. The van der Waals surface area contributed by atoms with Crippen LogP contribution in [0.5, 0.6) is 11.5 Å². The fraction of sp³-hybridized carbons (Fsp3) is 0.650. The summed E-state index contributed by atoms with van der Waals surface area (Å²) in [5.74, 6) is 2.44. The van der Waals surface area contributed by atoms with Crippen LogP contribution in [0, 0.1) is 0 Å². The minimum Gasteiger partial charge on any atom is -0.493 e. The number of ether oxygens (including phenoxy) is 2. The van der Waals surface area contributed by atoms with Crippen molar-refractivity contribution in [2.45, 2.75) is 56.9 Å². The molecule has 0 bridgehead atoms. The van der Waals surface area contributed by atoms with Crippen LogP contribution in [-0.2, 0) is 6.54 Å². The Bertz CT molecular complexity index is 605. The van der Waals surface area contributed by atoms with Crippen LogP contribution >= 0.6 is 35.7 Å². The molecule has 1 aliphatic rings. The van der Waals surface area contributed by atoms with Crippen LogP contribution in [0.15, 0.2) is 23.2 Å². The maximum Gasteiger partial charge on any atom is 0.191 e. The summed E-state index contributed by atoms with van der Waals surface area (Å²) in [4.78, 5) is 4.31. The van der Waals surface area contributed by atoms with Crippen molar-refractivity contribution in [1.82, 2.24) is 10.6 Å². The predicted octanol–water partition coefficient (Wildman–Crippen LogP) is 4.44. The molecule has 27 heavy (non-hydrogen) atoms. The normalized spacial score (nSPS) is 15.2. The molecule has 0 aromatic heterocycles. The Balaban J connectivity index is 0.00000364. The first-order valence-electron chi connectivity index (χ1n) is 9.30. The summed E-state index contributed by atoms with van der Waals surface area (Å²) in [5, 5.41) is 6.76. The molecule has 2 N–H and O–H groups in total. The third-order valence-electron chi connectivity index (χ3n) is 4.74. The van der Waals surface area contributed by atoms with Crippen molar-refractivity contribution < 1.29 is 9.47 Å². The molecule has 0 unspecified atom stereocenters. The van der Waals surface area contributed by atoms with Gasteiger partial charge in [-0.15, -0.1) is 24.0 Å². The highest BCUT2D eigenvalue weighted by atomic mass is 127. The first-order valence-corrected chi connectivity index (χ1v) is 10.5. The molecule has 1 fully saturated rings. The molecule has 7 heteroatoms. The van der Waals surface area contributed by atoms with Crippen molar-refractivity contribution in [1.29, 1.82) is 0 Å². The van der Waals surface area contributed by atoms with Gasteiger partial charge in [0, 0.05) is 24.9 Å². The zero-order chi connectivity index (χ0) is 19.0. The molecular weight excluding hydrogens is 473 g/mol. The standard InChI is InChI=1S/C20H33N3O2S.HI/c1-20(2,26-5)14-23-19(21-3)22-13-15-10-11-17(24-4)18(12-15)25-16-8-6-7-9-16;/h10-12,16H,6-9,13-14H2,1-5H3,(H2,21,22,23);1H. The van der Waals surface area contributed by atoms with Crippen molar-refractivity contribution in [3.8, 4) is 11.5 Å². The second-order valence-electron chi connectivity index (χ2n) is 7.25. The summed E-state index contributed by atoms with van der Waals surface area (Å²) in [6, 6.07) is 6.12. The fourth-order valence-corrected chi connectivity index (χ4v) is 3.10. The highest BCUT2D eigenvalue weighted by molar-refractivity contribution is 14.0. The zero-order valence-electron chi connectivity index (χ0n) is 17.1. The largest absolute Gasteiger partial charge is 0.493 e. The van der Waals surface area contributed by atoms with Gasteiger partial charge in [-0.05, 0) is 63.5 Å². The smallest absolute Gasteiger partial charge is 0.191 e. The highest BCUT2D eigenvalue weighted by Gasteiger charge is 2.19. The van der Waals surface area contributed by atoms with E-state index in [-0.39, 0.29) is 28.7 Å². The van der Waals surface area contributed by atoms with E-state index in [2.05, 4.69) is 47.9 Å². The van der Waals surface area contributed by atoms with Crippen LogP contribution in [0.25, 0.3) is 0 Å². The monoisotopic (exact) mass is 507 g/mol. The van der Waals surface area contributed by atoms with Crippen molar-refractivity contribution in [2.24, 2.45) is 4.99 Å². The molecule has 1 aromatic carbocycles. The Kier molecular flexibility index (Phi) is 10.7. The van der Waals surface area contributed by atoms with E-state index in [0.29, 0.717) is 12.6 Å². The van der Waals surface area contributed by atoms with Gasteiger partial charge in [-0.1, -0.05) is 6.07 Å². The van der Waals surface area contributed by atoms with Crippen LogP contribution in [0.3, 0.4) is 0 Å². The molecule has 0 radical (unpaired) electrons. The van der Waals surface area contributed by atoms with Crippen molar-refractivity contribution in [2.75, 3.05) is 27.0 Å². The lowest BCUT2D eigenvalue weighted by Crippen LogP contribution is -2.42. The lowest BCUT2D eigenvalue weighted by atomic mass is 10.2. The van der Waals surface area contributed by atoms with Crippen LogP contribution < -0.4 is 20.1 Å². The molecule has 154 valence electrons. The van der Waals surface area contributed by atoms with Crippen LogP contribution in [0.1, 0.15) is 45.1 Å². The number of hydrogen-bond donors (Lipinski definition) is 2. The summed E-state index contributed by atoms with van der Waals surface area (Å²) >= 11 is 1.84. The first-order chi connectivity index (χ1) is 12.5. The lowest BCUT2D eigenvalue weighted by molar-refractivity contribution is 0.200. The third-order valence-corrected chi connectivity index (χ3v) is 5.99. The molecule has 0 amide bonds. The minimum atomic E-state index is 0. The second kappa shape index (κ2) is 11.9. The van der Waals surface area contributed by atoms with Gasteiger partial charge in [0.25, 0.3) is 0 Å². The maximum atomic E-state index is 6.18. The van der Waals surface area contributed by atoms with Gasteiger partial charge in [0.2, 0.25) is 0 Å². The summed E-state index contributed by atoms with van der Waals surface area (Å²) in [5.41, 5.74) is 1.14. The van der Waals surface area contributed by atoms with Gasteiger partial charge in [-0.2, -0.15) is 11.8 Å². The number of methoxy groups -OCH3 is 1. The zero-order valence-corrected chi connectivity index (χ0v) is 20.3. The Labute approximate surface area is 185 Å². The SMILES string of the molecule is CN=C(NCc1ccc(OC)c(OC2CCCC2)c1)NCC(C)(C)SC.I. The number of benzene rings is 1. The molecule has 0 atom stereocenters. The van der Waals surface area contributed by atoms with Crippen LogP contribution in [-0.4, -0.2) is 43.8 Å². The van der Waals surface area contributed by atoms with E-state index in [4.69, 9.17) is 9.47 Å². The molecule has 1 aromatic rings. The van der Waals surface area contributed by atoms with Crippen molar-refractivity contribution in [3.05, 3.63) is 23.8 Å². The summed E-state index contributed by atoms with van der Waals surface area (Å²) < 4.78 is 11.8. The van der Waals surface area contributed by atoms with Crippen LogP contribution in [0.4, 0.5) is 0 Å². The van der Waals surface area contributed by atoms with E-state index >= 15 is 0 Å². The lowest BCUT2D eigenvalue weighted by Gasteiger charge is -2.24. The molecule has 0 spiro atoms. The number of halogens is 1. The minimum absolute atomic E-state index is 0. The van der Waals surface area contributed by atoms with Gasteiger partial charge in [-0.3, -0.25) is 4.99 Å². The number of hydrogen-bond acceptors (Lipinski definition) is 4. The van der Waals surface area contributed by atoms with Gasteiger partial charge in [0.05, 0.1) is 13.2 Å². The van der Waals surface area contributed by atoms with Crippen molar-refractivity contribution in [3.63, 3.8) is 0 Å². The van der Waals surface area contributed by atoms with Gasteiger partial charge in [0.1, 0.15) is 0 Å². The Morgan fingerprint density at radius 3 is 2.52 bits per heavy atom. The van der Waals surface area contributed by atoms with E-state index in [1.165, 1.54) is 12.8 Å². The van der Waals surface area contributed by atoms with E-state index in [1.807, 2.05) is 17.8 Å². The number of nitrogens with zero attached hydrogens (tertiary/aromatic N) is 1. The molecule has 0 saturated heterocycles. The summed E-state index contributed by atoms with van der Waals surface area (Å²) in [6.45, 7) is 5.97. The topological polar surface area (TPSA) is 54.9 Å². The van der Waals surface area contributed by atoms with Gasteiger partial charge in [0.15, 0.2) is 17.5 Å². The number of aliphatic imine (C=N–C) groups is 1. The van der Waals surface area contributed by atoms with Gasteiger partial charge in [-0.25, -0.2) is 0 Å². The van der Waals surface area contributed by atoms with E-state index in [1.54, 1.807) is 14.2 Å². The Hall–Kier alpha value is -0.830.